The third-order valence-corrected chi connectivity index (χ3v) is 5.97. The van der Waals surface area contributed by atoms with Crippen LogP contribution in [-0.4, -0.2) is 83.8 Å². The largest absolute Gasteiger partial charge is 0.458 e. The topological polar surface area (TPSA) is 153 Å². The molecule has 0 saturated carbocycles. The molecule has 2 heterocycles. The predicted octanol–water partition coefficient (Wildman–Crippen LogP) is 3.95. The molecule has 2 amide bonds. The summed E-state index contributed by atoms with van der Waals surface area (Å²) in [6.45, 7) is 24.2. The molecule has 2 aliphatic heterocycles. The number of hydrogen-bond donors (Lipinski definition) is 4. The molecule has 0 aromatic carbocycles. The average molecular weight is 601 g/mol. The van der Waals surface area contributed by atoms with Gasteiger partial charge in [0.2, 0.25) is 0 Å². The zero-order valence-corrected chi connectivity index (χ0v) is 27.9. The molecule has 0 unspecified atom stereocenters. The third kappa shape index (κ3) is 14.0. The second-order valence-corrected chi connectivity index (χ2v) is 14.9. The normalized spacial score (nSPS) is 18.8. The molecule has 0 aromatic heterocycles. The molecule has 244 valence electrons. The molecule has 2 aliphatic rings. The maximum Gasteiger partial charge on any atom is 0.408 e. The summed E-state index contributed by atoms with van der Waals surface area (Å²) in [6, 6.07) is 0. The van der Waals surface area contributed by atoms with E-state index in [9.17, 15) is 19.2 Å². The van der Waals surface area contributed by atoms with Crippen molar-refractivity contribution in [1.29, 1.82) is 0 Å². The smallest absolute Gasteiger partial charge is 0.408 e. The Morgan fingerprint density at radius 2 is 0.714 bits per heavy atom. The average Bonchev–Trinajstić information content (AvgIpc) is 2.75. The first-order chi connectivity index (χ1) is 18.9. The number of hydrogen-bond acceptors (Lipinski definition) is 10. The number of piperidine rings is 2. The van der Waals surface area contributed by atoms with Crippen LogP contribution in [0.25, 0.3) is 0 Å². The van der Waals surface area contributed by atoms with E-state index in [1.807, 2.05) is 41.5 Å². The highest BCUT2D eigenvalue weighted by atomic mass is 16.6. The maximum atomic E-state index is 12.5. The summed E-state index contributed by atoms with van der Waals surface area (Å²) in [6.07, 6.45) is 0.774. The lowest BCUT2D eigenvalue weighted by molar-refractivity contribution is -0.165. The fourth-order valence-corrected chi connectivity index (χ4v) is 4.22. The van der Waals surface area contributed by atoms with Gasteiger partial charge in [0.25, 0.3) is 0 Å². The van der Waals surface area contributed by atoms with Gasteiger partial charge in [0.05, 0.1) is 0 Å². The lowest BCUT2D eigenvalue weighted by Gasteiger charge is -2.38. The van der Waals surface area contributed by atoms with Gasteiger partial charge >= 0.3 is 24.1 Å². The number of carbonyl (C=O) groups excluding carboxylic acids is 4. The number of alkyl carbamates (subject to hydrolysis) is 2. The standard InChI is InChI=1S/2C15H28N2O4/c2*1-13(2,3)20-11(18)15(7-9-16-10-8-15)17-12(19)21-14(4,5)6/h2*16H,7-10H2,1-6H3,(H,17,19). The highest BCUT2D eigenvalue weighted by Gasteiger charge is 2.46. The quantitative estimate of drug-likeness (QED) is 0.276. The Bertz CT molecular complexity index is 851. The molecule has 4 N–H and O–H groups in total. The van der Waals surface area contributed by atoms with Crippen LogP contribution in [0.3, 0.4) is 0 Å². The van der Waals surface area contributed by atoms with Gasteiger partial charge in [0.1, 0.15) is 33.5 Å². The van der Waals surface area contributed by atoms with Crippen molar-refractivity contribution < 1.29 is 38.1 Å². The number of ether oxygens (including phenoxy) is 4. The van der Waals surface area contributed by atoms with E-state index in [0.29, 0.717) is 51.9 Å². The van der Waals surface area contributed by atoms with Gasteiger partial charge < -0.3 is 40.2 Å². The lowest BCUT2D eigenvalue weighted by atomic mass is 9.88. The Balaban J connectivity index is 0.000000420. The molecule has 0 spiro atoms. The van der Waals surface area contributed by atoms with Gasteiger partial charge in [-0.15, -0.1) is 0 Å². The third-order valence-electron chi connectivity index (χ3n) is 5.97. The summed E-state index contributed by atoms with van der Waals surface area (Å²) in [7, 11) is 0. The maximum absolute atomic E-state index is 12.5. The van der Waals surface area contributed by atoms with Crippen molar-refractivity contribution in [2.75, 3.05) is 26.2 Å². The zero-order chi connectivity index (χ0) is 32.6. The highest BCUT2D eigenvalue weighted by Crippen LogP contribution is 2.25. The molecule has 0 radical (unpaired) electrons. The minimum absolute atomic E-state index is 0.401. The molecular formula is C30H56N4O8. The molecule has 0 aliphatic carbocycles. The van der Waals surface area contributed by atoms with Crippen molar-refractivity contribution in [3.63, 3.8) is 0 Å². The number of nitrogens with one attached hydrogen (secondary N) is 4. The lowest BCUT2D eigenvalue weighted by Crippen LogP contribution is -2.61. The molecule has 0 aromatic rings. The van der Waals surface area contributed by atoms with Crippen LogP contribution in [0.2, 0.25) is 0 Å². The van der Waals surface area contributed by atoms with Gasteiger partial charge in [-0.25, -0.2) is 19.2 Å². The monoisotopic (exact) mass is 600 g/mol. The zero-order valence-electron chi connectivity index (χ0n) is 27.9. The van der Waals surface area contributed by atoms with Gasteiger partial charge in [-0.2, -0.15) is 0 Å². The summed E-state index contributed by atoms with van der Waals surface area (Å²) >= 11 is 0. The Kier molecular flexibility index (Phi) is 12.7. The minimum Gasteiger partial charge on any atom is -0.458 e. The second kappa shape index (κ2) is 14.2. The van der Waals surface area contributed by atoms with Crippen LogP contribution in [-0.2, 0) is 28.5 Å². The Labute approximate surface area is 252 Å². The van der Waals surface area contributed by atoms with E-state index in [-0.39, 0.29) is 0 Å². The van der Waals surface area contributed by atoms with E-state index < -0.39 is 57.6 Å². The first-order valence-electron chi connectivity index (χ1n) is 14.8. The van der Waals surface area contributed by atoms with Gasteiger partial charge in [0, 0.05) is 0 Å². The molecule has 2 fully saturated rings. The molecule has 2 rings (SSSR count). The first-order valence-corrected chi connectivity index (χ1v) is 14.8. The van der Waals surface area contributed by atoms with Crippen molar-refractivity contribution in [1.82, 2.24) is 21.3 Å². The molecule has 12 nitrogen and oxygen atoms in total. The molecule has 0 bridgehead atoms. The number of carbonyl (C=O) groups is 4. The molecule has 2 saturated heterocycles. The predicted molar refractivity (Wildman–Crippen MR) is 160 cm³/mol. The van der Waals surface area contributed by atoms with Gasteiger partial charge in [-0.1, -0.05) is 0 Å². The van der Waals surface area contributed by atoms with Crippen LogP contribution in [0.15, 0.2) is 0 Å². The highest BCUT2D eigenvalue weighted by molar-refractivity contribution is 5.87. The minimum atomic E-state index is -1.01. The van der Waals surface area contributed by atoms with Crippen LogP contribution in [0.5, 0.6) is 0 Å². The van der Waals surface area contributed by atoms with Gasteiger partial charge in [0.15, 0.2) is 0 Å². The van der Waals surface area contributed by atoms with E-state index in [2.05, 4.69) is 21.3 Å². The van der Waals surface area contributed by atoms with E-state index in [1.165, 1.54) is 0 Å². The van der Waals surface area contributed by atoms with Crippen molar-refractivity contribution in [3.05, 3.63) is 0 Å². The van der Waals surface area contributed by atoms with Crippen LogP contribution in [0.1, 0.15) is 109 Å². The molecule has 12 heteroatoms. The second-order valence-electron chi connectivity index (χ2n) is 14.9. The Morgan fingerprint density at radius 3 is 0.929 bits per heavy atom. The Hall–Kier alpha value is -2.60. The summed E-state index contributed by atoms with van der Waals surface area (Å²) in [4.78, 5) is 49.1. The van der Waals surface area contributed by atoms with Crippen LogP contribution in [0, 0.1) is 0 Å². The molecular weight excluding hydrogens is 544 g/mol. The SMILES string of the molecule is CC(C)(C)OC(=O)NC1(C(=O)OC(C)(C)C)CCNCC1.CC(C)(C)OC(=O)NC1(C(=O)OC(C)(C)C)CCNCC1. The fraction of sp³-hybridized carbons (Fsp3) is 0.867. The van der Waals surface area contributed by atoms with E-state index in [0.717, 1.165) is 0 Å². The van der Waals surface area contributed by atoms with Crippen molar-refractivity contribution in [2.24, 2.45) is 0 Å². The molecule has 42 heavy (non-hydrogen) atoms. The summed E-state index contributed by atoms with van der Waals surface area (Å²) < 4.78 is 21.5. The summed E-state index contributed by atoms with van der Waals surface area (Å²) in [5.74, 6) is -0.801. The van der Waals surface area contributed by atoms with Gasteiger partial charge in [-0.05, 0) is 135 Å². The number of amides is 2. The van der Waals surface area contributed by atoms with E-state index in [1.54, 1.807) is 41.5 Å². The van der Waals surface area contributed by atoms with E-state index in [4.69, 9.17) is 18.9 Å². The van der Waals surface area contributed by atoms with E-state index >= 15 is 0 Å². The van der Waals surface area contributed by atoms with Crippen molar-refractivity contribution in [3.8, 4) is 0 Å². The van der Waals surface area contributed by atoms with Gasteiger partial charge in [-0.3, -0.25) is 0 Å². The summed E-state index contributed by atoms with van der Waals surface area (Å²) in [5, 5.41) is 11.8. The van der Waals surface area contributed by atoms with Crippen molar-refractivity contribution >= 4 is 24.1 Å². The van der Waals surface area contributed by atoms with Crippen LogP contribution in [0.4, 0.5) is 9.59 Å². The fourth-order valence-electron chi connectivity index (χ4n) is 4.22. The number of esters is 2. The van der Waals surface area contributed by atoms with Crippen LogP contribution < -0.4 is 21.3 Å². The summed E-state index contributed by atoms with van der Waals surface area (Å²) in [5.41, 5.74) is -4.42. The molecule has 0 atom stereocenters. The number of rotatable bonds is 4. The Morgan fingerprint density at radius 1 is 0.476 bits per heavy atom. The van der Waals surface area contributed by atoms with Crippen molar-refractivity contribution in [2.45, 2.75) is 142 Å². The van der Waals surface area contributed by atoms with Crippen LogP contribution >= 0.6 is 0 Å². The first kappa shape index (κ1) is 37.4.